The molecule has 1 heterocycles. The normalized spacial score (nSPS) is 15.3. The maximum atomic E-state index is 11.3. The van der Waals surface area contributed by atoms with E-state index >= 15 is 0 Å². The summed E-state index contributed by atoms with van der Waals surface area (Å²) >= 11 is 1.42. The van der Waals surface area contributed by atoms with Gasteiger partial charge in [-0.15, -0.1) is 11.3 Å². The molecule has 1 rings (SSSR count). The van der Waals surface area contributed by atoms with Gasteiger partial charge in [0.05, 0.1) is 21.1 Å². The Labute approximate surface area is 71.9 Å². The van der Waals surface area contributed by atoms with Gasteiger partial charge in [-0.1, -0.05) is 6.07 Å². The highest BCUT2D eigenvalue weighted by molar-refractivity contribution is 7.88. The Morgan fingerprint density at radius 3 is 3.00 bits per heavy atom. The third-order valence-corrected chi connectivity index (χ3v) is 3.92. The standard InChI is InChI=1S/C7H7NOS2/c1-6(5-8)11(9)7-3-2-4-10-7/h2-4,6H,1H3. The molecule has 4 heteroatoms. The maximum absolute atomic E-state index is 11.3. The first kappa shape index (κ1) is 8.44. The highest BCUT2D eigenvalue weighted by atomic mass is 32.2. The summed E-state index contributed by atoms with van der Waals surface area (Å²) in [6, 6.07) is 5.58. The third-order valence-electron chi connectivity index (χ3n) is 1.20. The van der Waals surface area contributed by atoms with Crippen molar-refractivity contribution in [2.24, 2.45) is 0 Å². The van der Waals surface area contributed by atoms with Crippen LogP contribution in [0.1, 0.15) is 6.92 Å². The van der Waals surface area contributed by atoms with Crippen LogP contribution in [0.5, 0.6) is 0 Å². The van der Waals surface area contributed by atoms with Crippen molar-refractivity contribution in [2.75, 3.05) is 0 Å². The molecule has 58 valence electrons. The zero-order valence-corrected chi connectivity index (χ0v) is 7.61. The number of nitrogens with zero attached hydrogens (tertiary/aromatic N) is 1. The lowest BCUT2D eigenvalue weighted by atomic mass is 10.5. The Hall–Kier alpha value is -0.660. The van der Waals surface area contributed by atoms with Gasteiger partial charge in [0, 0.05) is 0 Å². The fourth-order valence-electron chi connectivity index (χ4n) is 0.600. The van der Waals surface area contributed by atoms with Crippen LogP contribution in [0, 0.1) is 11.3 Å². The van der Waals surface area contributed by atoms with Crippen LogP contribution in [0.25, 0.3) is 0 Å². The number of nitriles is 1. The van der Waals surface area contributed by atoms with Crippen molar-refractivity contribution in [1.29, 1.82) is 5.26 Å². The molecule has 0 radical (unpaired) electrons. The van der Waals surface area contributed by atoms with Crippen LogP contribution in [0.3, 0.4) is 0 Å². The van der Waals surface area contributed by atoms with E-state index in [9.17, 15) is 4.21 Å². The Morgan fingerprint density at radius 2 is 2.55 bits per heavy atom. The largest absolute Gasteiger partial charge is 0.252 e. The van der Waals surface area contributed by atoms with Crippen LogP contribution in [0.4, 0.5) is 0 Å². The molecule has 0 fully saturated rings. The summed E-state index contributed by atoms with van der Waals surface area (Å²) < 4.78 is 12.1. The van der Waals surface area contributed by atoms with E-state index < -0.39 is 16.0 Å². The van der Waals surface area contributed by atoms with Crippen molar-refractivity contribution in [2.45, 2.75) is 16.4 Å². The van der Waals surface area contributed by atoms with Crippen LogP contribution >= 0.6 is 11.3 Å². The molecule has 0 saturated heterocycles. The van der Waals surface area contributed by atoms with Gasteiger partial charge in [0.15, 0.2) is 0 Å². The highest BCUT2D eigenvalue weighted by Crippen LogP contribution is 2.16. The van der Waals surface area contributed by atoms with Crippen molar-refractivity contribution in [3.8, 4) is 6.07 Å². The lowest BCUT2D eigenvalue weighted by Gasteiger charge is -1.97. The first-order chi connectivity index (χ1) is 5.25. The molecule has 0 N–H and O–H groups in total. The first-order valence-corrected chi connectivity index (χ1v) is 5.18. The molecule has 1 aromatic heterocycles. The van der Waals surface area contributed by atoms with Crippen LogP contribution in [-0.4, -0.2) is 9.46 Å². The second-order valence-corrected chi connectivity index (χ2v) is 4.95. The summed E-state index contributed by atoms with van der Waals surface area (Å²) in [4.78, 5) is 0. The van der Waals surface area contributed by atoms with Crippen LogP contribution in [-0.2, 0) is 10.8 Å². The SMILES string of the molecule is CC(C#N)S(=O)c1cccs1. The predicted octanol–water partition coefficient (Wildman–Crippen LogP) is 1.77. The summed E-state index contributed by atoms with van der Waals surface area (Å²) in [5, 5.41) is 9.92. The van der Waals surface area contributed by atoms with Gasteiger partial charge < -0.3 is 0 Å². The minimum atomic E-state index is -1.14. The third kappa shape index (κ3) is 1.88. The number of hydrogen-bond acceptors (Lipinski definition) is 3. The minimum absolute atomic E-state index is 0.409. The molecule has 0 aromatic carbocycles. The van der Waals surface area contributed by atoms with Gasteiger partial charge in [0.25, 0.3) is 0 Å². The molecule has 0 spiro atoms. The average Bonchev–Trinajstić information content (AvgIpc) is 2.53. The second-order valence-electron chi connectivity index (χ2n) is 2.00. The van der Waals surface area contributed by atoms with E-state index in [0.717, 1.165) is 4.21 Å². The van der Waals surface area contributed by atoms with Gasteiger partial charge in [-0.25, -0.2) is 0 Å². The summed E-state index contributed by atoms with van der Waals surface area (Å²) in [6.07, 6.45) is 0. The first-order valence-electron chi connectivity index (χ1n) is 3.09. The fourth-order valence-corrected chi connectivity index (χ4v) is 2.68. The number of thiophene rings is 1. The van der Waals surface area contributed by atoms with E-state index in [1.54, 1.807) is 13.0 Å². The zero-order chi connectivity index (χ0) is 8.27. The van der Waals surface area contributed by atoms with Crippen molar-refractivity contribution in [3.63, 3.8) is 0 Å². The molecule has 0 saturated carbocycles. The summed E-state index contributed by atoms with van der Waals surface area (Å²) in [6.45, 7) is 1.66. The molecule has 2 unspecified atom stereocenters. The smallest absolute Gasteiger partial charge is 0.124 e. The molecule has 11 heavy (non-hydrogen) atoms. The zero-order valence-electron chi connectivity index (χ0n) is 5.98. The van der Waals surface area contributed by atoms with Crippen LogP contribution in [0.2, 0.25) is 0 Å². The van der Waals surface area contributed by atoms with Crippen molar-refractivity contribution in [3.05, 3.63) is 17.5 Å². The molecular weight excluding hydrogens is 178 g/mol. The molecule has 0 aliphatic rings. The van der Waals surface area contributed by atoms with Gasteiger partial charge in [0.1, 0.15) is 5.25 Å². The van der Waals surface area contributed by atoms with Gasteiger partial charge in [-0.05, 0) is 18.4 Å². The summed E-state index contributed by atoms with van der Waals surface area (Å²) in [5.74, 6) is 0. The van der Waals surface area contributed by atoms with Crippen molar-refractivity contribution >= 4 is 22.1 Å². The quantitative estimate of drug-likeness (QED) is 0.704. The summed E-state index contributed by atoms with van der Waals surface area (Å²) in [7, 11) is -1.14. The van der Waals surface area contributed by atoms with E-state index in [1.165, 1.54) is 11.3 Å². The number of hydrogen-bond donors (Lipinski definition) is 0. The fraction of sp³-hybridized carbons (Fsp3) is 0.286. The van der Waals surface area contributed by atoms with Crippen molar-refractivity contribution in [1.82, 2.24) is 0 Å². The lowest BCUT2D eigenvalue weighted by molar-refractivity contribution is 0.681. The molecule has 0 aliphatic carbocycles. The maximum Gasteiger partial charge on any atom is 0.124 e. The molecule has 0 aliphatic heterocycles. The Bertz CT molecular complexity index is 286. The predicted molar refractivity (Wildman–Crippen MR) is 45.8 cm³/mol. The second kappa shape index (κ2) is 3.65. The lowest BCUT2D eigenvalue weighted by Crippen LogP contribution is -2.05. The van der Waals surface area contributed by atoms with E-state index in [0.29, 0.717) is 0 Å². The number of rotatable bonds is 2. The van der Waals surface area contributed by atoms with Gasteiger partial charge in [-0.3, -0.25) is 4.21 Å². The van der Waals surface area contributed by atoms with E-state index in [-0.39, 0.29) is 0 Å². The van der Waals surface area contributed by atoms with Gasteiger partial charge in [0.2, 0.25) is 0 Å². The van der Waals surface area contributed by atoms with Crippen molar-refractivity contribution < 1.29 is 4.21 Å². The molecule has 0 bridgehead atoms. The summed E-state index contributed by atoms with van der Waals surface area (Å²) in [5.41, 5.74) is 0. The van der Waals surface area contributed by atoms with Gasteiger partial charge >= 0.3 is 0 Å². The monoisotopic (exact) mass is 185 g/mol. The Balaban J connectivity index is 2.81. The van der Waals surface area contributed by atoms with Gasteiger partial charge in [-0.2, -0.15) is 5.26 Å². The minimum Gasteiger partial charge on any atom is -0.252 e. The molecule has 1 aromatic rings. The topological polar surface area (TPSA) is 40.9 Å². The van der Waals surface area contributed by atoms with E-state index in [4.69, 9.17) is 5.26 Å². The Morgan fingerprint density at radius 1 is 1.82 bits per heavy atom. The van der Waals surface area contributed by atoms with Crippen LogP contribution < -0.4 is 0 Å². The average molecular weight is 185 g/mol. The molecule has 2 atom stereocenters. The molecule has 0 amide bonds. The van der Waals surface area contributed by atoms with E-state index in [2.05, 4.69) is 0 Å². The molecule has 2 nitrogen and oxygen atoms in total. The highest BCUT2D eigenvalue weighted by Gasteiger charge is 2.12. The van der Waals surface area contributed by atoms with Crippen LogP contribution in [0.15, 0.2) is 21.7 Å². The molecular formula is C7H7NOS2. The Kier molecular flexibility index (Phi) is 2.80. The van der Waals surface area contributed by atoms with E-state index in [1.807, 2.05) is 17.5 Å².